The van der Waals surface area contributed by atoms with Gasteiger partial charge in [-0.2, -0.15) is 0 Å². The van der Waals surface area contributed by atoms with Gasteiger partial charge in [-0.3, -0.25) is 20.2 Å². The molecule has 2 N–H and O–H groups in total. The zero-order valence-electron chi connectivity index (χ0n) is 13.5. The SMILES string of the molecule is Cc1c(CO)cc([N+](=O)[O-])c(NC/C=C/c2ccccc2)c1[N+](=O)[O-]. The predicted octanol–water partition coefficient (Wildman–Crippen LogP) is 3.43. The van der Waals surface area contributed by atoms with E-state index in [0.717, 1.165) is 11.6 Å². The van der Waals surface area contributed by atoms with Gasteiger partial charge in [0, 0.05) is 18.2 Å². The summed E-state index contributed by atoms with van der Waals surface area (Å²) >= 11 is 0. The highest BCUT2D eigenvalue weighted by molar-refractivity contribution is 5.78. The maximum atomic E-state index is 11.4. The van der Waals surface area contributed by atoms with Gasteiger partial charge in [0.15, 0.2) is 5.69 Å². The molecule has 0 unspecified atom stereocenters. The molecule has 0 amide bonds. The molecule has 0 aliphatic rings. The van der Waals surface area contributed by atoms with E-state index in [2.05, 4.69) is 5.32 Å². The molecule has 0 radical (unpaired) electrons. The Labute approximate surface area is 143 Å². The summed E-state index contributed by atoms with van der Waals surface area (Å²) in [6.45, 7) is 1.12. The lowest BCUT2D eigenvalue weighted by atomic mass is 10.0. The van der Waals surface area contributed by atoms with E-state index in [1.54, 1.807) is 12.2 Å². The van der Waals surface area contributed by atoms with E-state index >= 15 is 0 Å². The Kier molecular flexibility index (Phi) is 5.80. The van der Waals surface area contributed by atoms with Crippen LogP contribution in [0.15, 0.2) is 42.5 Å². The summed E-state index contributed by atoms with van der Waals surface area (Å²) in [5.74, 6) is 0. The quantitative estimate of drug-likeness (QED) is 0.587. The van der Waals surface area contributed by atoms with Crippen LogP contribution >= 0.6 is 0 Å². The van der Waals surface area contributed by atoms with E-state index in [1.165, 1.54) is 6.92 Å². The lowest BCUT2D eigenvalue weighted by Crippen LogP contribution is -2.09. The van der Waals surface area contributed by atoms with E-state index in [1.807, 2.05) is 30.3 Å². The number of anilines is 1. The number of rotatable bonds is 7. The molecule has 2 rings (SSSR count). The minimum Gasteiger partial charge on any atom is -0.392 e. The number of aliphatic hydroxyl groups is 1. The van der Waals surface area contributed by atoms with Gasteiger partial charge in [0.05, 0.1) is 16.5 Å². The highest BCUT2D eigenvalue weighted by atomic mass is 16.6. The second kappa shape index (κ2) is 8.02. The predicted molar refractivity (Wildman–Crippen MR) is 94.4 cm³/mol. The van der Waals surface area contributed by atoms with Gasteiger partial charge < -0.3 is 10.4 Å². The van der Waals surface area contributed by atoms with Gasteiger partial charge in [0.25, 0.3) is 5.69 Å². The van der Waals surface area contributed by atoms with Gasteiger partial charge in [-0.15, -0.1) is 0 Å². The number of hydrogen-bond acceptors (Lipinski definition) is 6. The second-order valence-electron chi connectivity index (χ2n) is 5.27. The maximum absolute atomic E-state index is 11.4. The molecule has 0 aliphatic heterocycles. The summed E-state index contributed by atoms with van der Waals surface area (Å²) in [6.07, 6.45) is 3.53. The third-order valence-electron chi connectivity index (χ3n) is 3.70. The fourth-order valence-corrected chi connectivity index (χ4v) is 2.44. The highest BCUT2D eigenvalue weighted by Gasteiger charge is 2.29. The molecule has 0 bridgehead atoms. The molecule has 0 saturated heterocycles. The number of nitro benzene ring substituents is 2. The van der Waals surface area contributed by atoms with Crippen molar-refractivity contribution in [3.8, 4) is 0 Å². The molecule has 25 heavy (non-hydrogen) atoms. The molecule has 2 aromatic carbocycles. The molecule has 0 spiro atoms. The first-order valence-electron chi connectivity index (χ1n) is 7.47. The molecule has 8 heteroatoms. The van der Waals surface area contributed by atoms with Crippen LogP contribution in [0, 0.1) is 27.2 Å². The van der Waals surface area contributed by atoms with E-state index in [9.17, 15) is 25.3 Å². The standard InChI is InChI=1S/C17H17N3O5/c1-12-14(11-21)10-15(19(22)23)16(17(12)20(24)25)18-9-5-8-13-6-3-2-4-7-13/h2-8,10,18,21H,9,11H2,1H3/b8-5+. The van der Waals surface area contributed by atoms with Crippen LogP contribution in [0.5, 0.6) is 0 Å². The van der Waals surface area contributed by atoms with Gasteiger partial charge in [-0.05, 0) is 18.1 Å². The van der Waals surface area contributed by atoms with Crippen LogP contribution in [0.1, 0.15) is 16.7 Å². The van der Waals surface area contributed by atoms with E-state index < -0.39 is 27.8 Å². The number of hydrogen-bond donors (Lipinski definition) is 2. The summed E-state index contributed by atoms with van der Waals surface area (Å²) < 4.78 is 0. The lowest BCUT2D eigenvalue weighted by molar-refractivity contribution is -0.392. The van der Waals surface area contributed by atoms with Crippen molar-refractivity contribution in [2.45, 2.75) is 13.5 Å². The molecular formula is C17H17N3O5. The van der Waals surface area contributed by atoms with E-state index in [4.69, 9.17) is 0 Å². The Balaban J connectivity index is 2.35. The smallest absolute Gasteiger partial charge is 0.302 e. The summed E-state index contributed by atoms with van der Waals surface area (Å²) in [5, 5.41) is 34.7. The van der Waals surface area contributed by atoms with E-state index in [0.29, 0.717) is 0 Å². The Hall–Kier alpha value is -3.26. The zero-order chi connectivity index (χ0) is 18.4. The van der Waals surface area contributed by atoms with Crippen LogP contribution in [-0.2, 0) is 6.61 Å². The highest BCUT2D eigenvalue weighted by Crippen LogP contribution is 2.39. The fourth-order valence-electron chi connectivity index (χ4n) is 2.44. The Bertz CT molecular complexity index is 819. The third-order valence-corrected chi connectivity index (χ3v) is 3.70. The van der Waals surface area contributed by atoms with Crippen molar-refractivity contribution in [3.05, 3.63) is 79.4 Å². The largest absolute Gasteiger partial charge is 0.392 e. The number of nitrogens with one attached hydrogen (secondary N) is 1. The molecule has 8 nitrogen and oxygen atoms in total. The average molecular weight is 343 g/mol. The maximum Gasteiger partial charge on any atom is 0.302 e. The molecular weight excluding hydrogens is 326 g/mol. The first kappa shape index (κ1) is 18.1. The fraction of sp³-hybridized carbons (Fsp3) is 0.176. The van der Waals surface area contributed by atoms with Crippen LogP contribution in [-0.4, -0.2) is 21.5 Å². The molecule has 0 heterocycles. The summed E-state index contributed by atoms with van der Waals surface area (Å²) in [6, 6.07) is 10.6. The normalized spacial score (nSPS) is 10.8. The van der Waals surface area contributed by atoms with Crippen molar-refractivity contribution in [1.82, 2.24) is 0 Å². The summed E-state index contributed by atoms with van der Waals surface area (Å²) in [4.78, 5) is 21.3. The Morgan fingerprint density at radius 2 is 1.84 bits per heavy atom. The zero-order valence-corrected chi connectivity index (χ0v) is 13.5. The molecule has 2 aromatic rings. The van der Waals surface area contributed by atoms with Gasteiger partial charge in [-0.1, -0.05) is 42.5 Å². The molecule has 0 aromatic heterocycles. The van der Waals surface area contributed by atoms with Crippen molar-refractivity contribution >= 4 is 23.1 Å². The van der Waals surface area contributed by atoms with Crippen LogP contribution in [0.3, 0.4) is 0 Å². The van der Waals surface area contributed by atoms with Crippen molar-refractivity contribution in [3.63, 3.8) is 0 Å². The van der Waals surface area contributed by atoms with Crippen molar-refractivity contribution in [1.29, 1.82) is 0 Å². The lowest BCUT2D eigenvalue weighted by Gasteiger charge is -2.10. The minimum absolute atomic E-state index is 0.156. The summed E-state index contributed by atoms with van der Waals surface area (Å²) in [5.41, 5.74) is 0.305. The molecule has 0 saturated carbocycles. The van der Waals surface area contributed by atoms with Crippen molar-refractivity contribution in [2.75, 3.05) is 11.9 Å². The van der Waals surface area contributed by atoms with E-state index in [-0.39, 0.29) is 23.4 Å². The van der Waals surface area contributed by atoms with Gasteiger partial charge in [-0.25, -0.2) is 0 Å². The Morgan fingerprint density at radius 1 is 1.16 bits per heavy atom. The molecule has 0 fully saturated rings. The molecule has 130 valence electrons. The van der Waals surface area contributed by atoms with Crippen LogP contribution < -0.4 is 5.32 Å². The second-order valence-corrected chi connectivity index (χ2v) is 5.27. The monoisotopic (exact) mass is 343 g/mol. The third kappa shape index (κ3) is 4.18. The number of nitro groups is 2. The van der Waals surface area contributed by atoms with Gasteiger partial charge >= 0.3 is 5.69 Å². The first-order chi connectivity index (χ1) is 12.0. The van der Waals surface area contributed by atoms with Gasteiger partial charge in [0.1, 0.15) is 0 Å². The number of benzene rings is 2. The minimum atomic E-state index is -0.700. The first-order valence-corrected chi connectivity index (χ1v) is 7.47. The van der Waals surface area contributed by atoms with Crippen LogP contribution in [0.25, 0.3) is 6.08 Å². The van der Waals surface area contributed by atoms with Crippen molar-refractivity contribution in [2.24, 2.45) is 0 Å². The average Bonchev–Trinajstić information content (AvgIpc) is 2.59. The van der Waals surface area contributed by atoms with Crippen LogP contribution in [0.2, 0.25) is 0 Å². The Morgan fingerprint density at radius 3 is 2.40 bits per heavy atom. The molecule has 0 aliphatic carbocycles. The summed E-state index contributed by atoms with van der Waals surface area (Å²) in [7, 11) is 0. The topological polar surface area (TPSA) is 119 Å². The molecule has 0 atom stereocenters. The van der Waals surface area contributed by atoms with Gasteiger partial charge in [0.2, 0.25) is 0 Å². The van der Waals surface area contributed by atoms with Crippen molar-refractivity contribution < 1.29 is 15.0 Å². The number of nitrogens with zero attached hydrogens (tertiary/aromatic N) is 2. The number of aliphatic hydroxyl groups excluding tert-OH is 1. The van der Waals surface area contributed by atoms with Crippen LogP contribution in [0.4, 0.5) is 17.1 Å².